The highest BCUT2D eigenvalue weighted by molar-refractivity contribution is 7.89. The molecule has 0 atom stereocenters. The van der Waals surface area contributed by atoms with E-state index in [1.165, 1.54) is 17.4 Å². The highest BCUT2D eigenvalue weighted by Gasteiger charge is 2.17. The van der Waals surface area contributed by atoms with Crippen molar-refractivity contribution in [1.82, 2.24) is 4.90 Å². The first-order chi connectivity index (χ1) is 10.4. The molecule has 0 aliphatic rings. The van der Waals surface area contributed by atoms with Crippen molar-refractivity contribution in [2.24, 2.45) is 5.14 Å². The van der Waals surface area contributed by atoms with Gasteiger partial charge in [0, 0.05) is 50.2 Å². The summed E-state index contributed by atoms with van der Waals surface area (Å²) in [6.45, 7) is 3.59. The van der Waals surface area contributed by atoms with Gasteiger partial charge >= 0.3 is 0 Å². The predicted molar refractivity (Wildman–Crippen MR) is 84.5 cm³/mol. The van der Waals surface area contributed by atoms with Gasteiger partial charge in [0.05, 0.1) is 13.2 Å². The summed E-state index contributed by atoms with van der Waals surface area (Å²) < 4.78 is 38.0. The molecule has 0 spiro atoms. The number of furan rings is 1. The Bertz CT molecular complexity index is 668. The molecular weight excluding hydrogens is 328 g/mol. The molecule has 22 heavy (non-hydrogen) atoms. The van der Waals surface area contributed by atoms with Crippen LogP contribution in [0, 0.1) is 0 Å². The van der Waals surface area contributed by atoms with E-state index in [1.54, 1.807) is 14.2 Å². The van der Waals surface area contributed by atoms with E-state index in [0.29, 0.717) is 18.1 Å². The summed E-state index contributed by atoms with van der Waals surface area (Å²) >= 11 is 1.42. The van der Waals surface area contributed by atoms with Gasteiger partial charge in [-0.05, 0) is 6.07 Å². The fraction of sp³-hybridized carbons (Fsp3) is 0.538. The molecule has 2 aromatic rings. The van der Waals surface area contributed by atoms with Crippen molar-refractivity contribution < 1.29 is 22.3 Å². The molecular formula is C13H20N2O5S2. The summed E-state index contributed by atoms with van der Waals surface area (Å²) in [5.41, 5.74) is 0. The van der Waals surface area contributed by atoms with E-state index < -0.39 is 10.0 Å². The first-order valence-corrected chi connectivity index (χ1v) is 9.05. The van der Waals surface area contributed by atoms with Crippen LogP contribution in [-0.4, -0.2) is 53.8 Å². The van der Waals surface area contributed by atoms with Gasteiger partial charge in [-0.2, -0.15) is 0 Å². The molecule has 124 valence electrons. The third-order valence-corrected chi connectivity index (χ3v) is 4.90. The van der Waals surface area contributed by atoms with Crippen LogP contribution in [0.4, 0.5) is 0 Å². The molecule has 0 radical (unpaired) electrons. The van der Waals surface area contributed by atoms with Crippen molar-refractivity contribution in [3.05, 3.63) is 17.0 Å². The van der Waals surface area contributed by atoms with E-state index in [0.717, 1.165) is 29.9 Å². The average Bonchev–Trinajstić information content (AvgIpc) is 2.99. The largest absolute Gasteiger partial charge is 0.433 e. The van der Waals surface area contributed by atoms with Crippen molar-refractivity contribution in [2.75, 3.05) is 40.5 Å². The number of rotatable bonds is 9. The molecule has 2 aromatic heterocycles. The molecule has 0 bridgehead atoms. The third kappa shape index (κ3) is 4.51. The second-order valence-electron chi connectivity index (χ2n) is 4.83. The van der Waals surface area contributed by atoms with Gasteiger partial charge in [0.1, 0.15) is 0 Å². The van der Waals surface area contributed by atoms with E-state index in [9.17, 15) is 8.42 Å². The number of methoxy groups -OCH3 is 2. The number of ether oxygens (including phenoxy) is 2. The highest BCUT2D eigenvalue weighted by atomic mass is 32.2. The van der Waals surface area contributed by atoms with Gasteiger partial charge < -0.3 is 13.9 Å². The van der Waals surface area contributed by atoms with Crippen LogP contribution >= 0.6 is 11.3 Å². The molecule has 0 unspecified atom stereocenters. The molecule has 9 heteroatoms. The Balaban J connectivity index is 2.10. The summed E-state index contributed by atoms with van der Waals surface area (Å²) in [6, 6.07) is 3.38. The number of nitrogens with zero attached hydrogens (tertiary/aromatic N) is 1. The van der Waals surface area contributed by atoms with E-state index >= 15 is 0 Å². The second-order valence-corrected chi connectivity index (χ2v) is 7.42. The van der Waals surface area contributed by atoms with Crippen LogP contribution in [0.1, 0.15) is 4.88 Å². The van der Waals surface area contributed by atoms with Crippen LogP contribution in [-0.2, 0) is 26.0 Å². The van der Waals surface area contributed by atoms with Gasteiger partial charge in [-0.15, -0.1) is 11.3 Å². The van der Waals surface area contributed by atoms with Crippen molar-refractivity contribution in [3.63, 3.8) is 0 Å². The van der Waals surface area contributed by atoms with Gasteiger partial charge in [-0.25, -0.2) is 13.6 Å². The molecule has 0 aliphatic carbocycles. The Labute approximate surface area is 133 Å². The number of nitrogens with two attached hydrogens (primary N) is 1. The van der Waals surface area contributed by atoms with Crippen molar-refractivity contribution >= 4 is 31.6 Å². The maximum absolute atomic E-state index is 11.3. The molecule has 0 fully saturated rings. The lowest BCUT2D eigenvalue weighted by atomic mass is 10.3. The predicted octanol–water partition coefficient (Wildman–Crippen LogP) is 1.24. The van der Waals surface area contributed by atoms with Crippen LogP contribution < -0.4 is 5.14 Å². The highest BCUT2D eigenvalue weighted by Crippen LogP contribution is 2.31. The Morgan fingerprint density at radius 2 is 1.86 bits per heavy atom. The standard InChI is InChI=1S/C13H20N2O5S2/c1-18-5-3-15(4-6-19-2)9-11-7-10-8-12(22(14,16)17)20-13(10)21-11/h7-8H,3-6,9H2,1-2H3,(H2,14,16,17). The van der Waals surface area contributed by atoms with Crippen LogP contribution in [0.5, 0.6) is 0 Å². The maximum atomic E-state index is 11.3. The van der Waals surface area contributed by atoms with Crippen molar-refractivity contribution in [2.45, 2.75) is 11.6 Å². The number of sulfonamides is 1. The zero-order valence-electron chi connectivity index (χ0n) is 12.6. The molecule has 7 nitrogen and oxygen atoms in total. The molecule has 2 heterocycles. The monoisotopic (exact) mass is 348 g/mol. The molecule has 0 amide bonds. The zero-order valence-corrected chi connectivity index (χ0v) is 14.2. The Morgan fingerprint density at radius 1 is 1.23 bits per heavy atom. The van der Waals surface area contributed by atoms with Crippen molar-refractivity contribution in [3.8, 4) is 0 Å². The average molecular weight is 348 g/mol. The van der Waals surface area contributed by atoms with E-state index in [4.69, 9.17) is 19.0 Å². The normalized spacial score (nSPS) is 12.5. The van der Waals surface area contributed by atoms with E-state index in [-0.39, 0.29) is 5.09 Å². The maximum Gasteiger partial charge on any atom is 0.271 e. The number of hydrogen-bond acceptors (Lipinski definition) is 7. The molecule has 2 rings (SSSR count). The van der Waals surface area contributed by atoms with Gasteiger partial charge in [0.25, 0.3) is 10.0 Å². The topological polar surface area (TPSA) is 95.0 Å². The smallest absolute Gasteiger partial charge is 0.271 e. The summed E-state index contributed by atoms with van der Waals surface area (Å²) in [5.74, 6) is 0. The lowest BCUT2D eigenvalue weighted by Crippen LogP contribution is -2.29. The van der Waals surface area contributed by atoms with Crippen LogP contribution in [0.3, 0.4) is 0 Å². The zero-order chi connectivity index (χ0) is 16.2. The minimum absolute atomic E-state index is 0.198. The number of primary sulfonamides is 1. The molecule has 0 saturated heterocycles. The Morgan fingerprint density at radius 3 is 2.36 bits per heavy atom. The molecule has 0 aliphatic heterocycles. The Hall–Kier alpha value is -0.970. The number of hydrogen-bond donors (Lipinski definition) is 1. The van der Waals surface area contributed by atoms with E-state index in [1.807, 2.05) is 6.07 Å². The van der Waals surface area contributed by atoms with Crippen LogP contribution in [0.15, 0.2) is 21.6 Å². The molecule has 0 saturated carbocycles. The van der Waals surface area contributed by atoms with Gasteiger partial charge in [0.15, 0.2) is 4.90 Å². The summed E-state index contributed by atoms with van der Waals surface area (Å²) in [6.07, 6.45) is 0. The first-order valence-electron chi connectivity index (χ1n) is 6.69. The first kappa shape index (κ1) is 17.4. The van der Waals surface area contributed by atoms with E-state index in [2.05, 4.69) is 4.90 Å². The lowest BCUT2D eigenvalue weighted by Gasteiger charge is -2.20. The summed E-state index contributed by atoms with van der Waals surface area (Å²) in [7, 11) is -0.461. The minimum atomic E-state index is -3.80. The quantitative estimate of drug-likeness (QED) is 0.732. The van der Waals surface area contributed by atoms with Crippen molar-refractivity contribution in [1.29, 1.82) is 0 Å². The SMILES string of the molecule is COCCN(CCOC)Cc1cc2cc(S(N)(=O)=O)oc2s1. The number of thiophene rings is 1. The third-order valence-electron chi connectivity index (χ3n) is 3.13. The fourth-order valence-electron chi connectivity index (χ4n) is 2.02. The second kappa shape index (κ2) is 7.53. The summed E-state index contributed by atoms with van der Waals surface area (Å²) in [4.78, 5) is 3.86. The van der Waals surface area contributed by atoms with Crippen LogP contribution in [0.2, 0.25) is 0 Å². The number of fused-ring (bicyclic) bond motifs is 1. The van der Waals surface area contributed by atoms with Gasteiger partial charge in [-0.3, -0.25) is 4.90 Å². The Kier molecular flexibility index (Phi) is 5.95. The molecule has 2 N–H and O–H groups in total. The fourth-order valence-corrected chi connectivity index (χ4v) is 3.60. The molecule has 0 aromatic carbocycles. The van der Waals surface area contributed by atoms with Gasteiger partial charge in [-0.1, -0.05) is 0 Å². The minimum Gasteiger partial charge on any atom is -0.433 e. The summed E-state index contributed by atoms with van der Waals surface area (Å²) in [5, 5.41) is 5.61. The lowest BCUT2D eigenvalue weighted by molar-refractivity contribution is 0.111. The van der Waals surface area contributed by atoms with Crippen LogP contribution in [0.25, 0.3) is 10.3 Å². The van der Waals surface area contributed by atoms with Gasteiger partial charge in [0.2, 0.25) is 5.09 Å².